The minimum Gasteiger partial charge on any atom is -0.489 e. The van der Waals surface area contributed by atoms with Gasteiger partial charge in [0.25, 0.3) is 5.91 Å². The first kappa shape index (κ1) is 23.4. The molecular weight excluding hydrogens is 463 g/mol. The van der Waals surface area contributed by atoms with E-state index in [1.165, 1.54) is 17.4 Å². The summed E-state index contributed by atoms with van der Waals surface area (Å²) < 4.78 is 44.4. The highest BCUT2D eigenvalue weighted by Gasteiger charge is 2.30. The van der Waals surface area contributed by atoms with Crippen LogP contribution >= 0.6 is 11.3 Å². The minimum absolute atomic E-state index is 0.00479. The lowest BCUT2D eigenvalue weighted by Gasteiger charge is -2.10. The lowest BCUT2D eigenvalue weighted by atomic mass is 10.1. The number of ether oxygens (including phenoxy) is 1. The molecule has 5 nitrogen and oxygen atoms in total. The summed E-state index contributed by atoms with van der Waals surface area (Å²) in [5.41, 5.74) is 1.66. The maximum absolute atomic E-state index is 12.9. The van der Waals surface area contributed by atoms with Crippen molar-refractivity contribution in [2.45, 2.75) is 19.2 Å². The van der Waals surface area contributed by atoms with Gasteiger partial charge < -0.3 is 10.1 Å². The molecule has 0 spiro atoms. The summed E-state index contributed by atoms with van der Waals surface area (Å²) >= 11 is 1.32. The van der Waals surface area contributed by atoms with Crippen LogP contribution in [0.1, 0.15) is 27.3 Å². The van der Waals surface area contributed by atoms with Gasteiger partial charge in [0.05, 0.1) is 5.56 Å². The first-order valence-electron chi connectivity index (χ1n) is 10.4. The third kappa shape index (κ3) is 6.20. The highest BCUT2D eigenvalue weighted by molar-refractivity contribution is 7.13. The summed E-state index contributed by atoms with van der Waals surface area (Å²) in [4.78, 5) is 21.0. The predicted octanol–water partition coefficient (Wildman–Crippen LogP) is 5.78. The van der Waals surface area contributed by atoms with E-state index in [1.54, 1.807) is 35.8 Å². The van der Waals surface area contributed by atoms with Gasteiger partial charge >= 0.3 is 6.18 Å². The van der Waals surface area contributed by atoms with Crippen LogP contribution in [0, 0.1) is 0 Å². The number of benzene rings is 2. The zero-order valence-electron chi connectivity index (χ0n) is 17.9. The van der Waals surface area contributed by atoms with Gasteiger partial charge in [-0.3, -0.25) is 9.78 Å². The molecular formula is C25H20F3N3O2S. The Hall–Kier alpha value is -3.72. The van der Waals surface area contributed by atoms with Crippen molar-refractivity contribution >= 4 is 17.2 Å². The molecule has 0 bridgehead atoms. The van der Waals surface area contributed by atoms with Crippen LogP contribution in [0.15, 0.2) is 78.3 Å². The summed E-state index contributed by atoms with van der Waals surface area (Å²) in [6, 6.07) is 17.7. The standard InChI is InChI=1S/C25H20F3N3O2S/c26-25(27,28)19-7-3-5-17(13-19)15-33-21-9-4-6-18(14-21)24-31-22(16-34-24)23(32)30-12-10-20-8-1-2-11-29-20/h1-9,11,13-14,16H,10,12,15H2,(H,30,32). The third-order valence-corrected chi connectivity index (χ3v) is 5.76. The molecule has 0 aliphatic carbocycles. The van der Waals surface area contributed by atoms with Crippen LogP contribution in [0.4, 0.5) is 13.2 Å². The molecule has 0 atom stereocenters. The Balaban J connectivity index is 1.36. The SMILES string of the molecule is O=C(NCCc1ccccn1)c1csc(-c2cccc(OCc3cccc(C(F)(F)F)c3)c2)n1. The topological polar surface area (TPSA) is 64.1 Å². The number of hydrogen-bond acceptors (Lipinski definition) is 5. The third-order valence-electron chi connectivity index (χ3n) is 4.87. The van der Waals surface area contributed by atoms with Gasteiger partial charge in [0.1, 0.15) is 23.1 Å². The van der Waals surface area contributed by atoms with Crippen LogP contribution in [-0.4, -0.2) is 22.4 Å². The quantitative estimate of drug-likeness (QED) is 0.345. The number of alkyl halides is 3. The van der Waals surface area contributed by atoms with Crippen molar-refractivity contribution < 1.29 is 22.7 Å². The van der Waals surface area contributed by atoms with Crippen molar-refractivity contribution in [1.82, 2.24) is 15.3 Å². The number of rotatable bonds is 8. The number of thiazole rings is 1. The maximum atomic E-state index is 12.9. The Labute approximate surface area is 198 Å². The zero-order chi connectivity index (χ0) is 24.0. The lowest BCUT2D eigenvalue weighted by Crippen LogP contribution is -2.26. The molecule has 0 unspecified atom stereocenters. The average molecular weight is 484 g/mol. The van der Waals surface area contributed by atoms with Gasteiger partial charge in [-0.2, -0.15) is 13.2 Å². The Kier molecular flexibility index (Phi) is 7.22. The fraction of sp³-hybridized carbons (Fsp3) is 0.160. The number of nitrogens with zero attached hydrogens (tertiary/aromatic N) is 2. The predicted molar refractivity (Wildman–Crippen MR) is 124 cm³/mol. The van der Waals surface area contributed by atoms with Gasteiger partial charge in [-0.1, -0.05) is 30.3 Å². The van der Waals surface area contributed by atoms with Gasteiger partial charge in [0.15, 0.2) is 0 Å². The molecule has 0 aliphatic rings. The van der Waals surface area contributed by atoms with E-state index in [2.05, 4.69) is 15.3 Å². The number of pyridine rings is 1. The summed E-state index contributed by atoms with van der Waals surface area (Å²) in [5.74, 6) is 0.224. The van der Waals surface area contributed by atoms with Crippen LogP contribution in [-0.2, 0) is 19.2 Å². The summed E-state index contributed by atoms with van der Waals surface area (Å²) in [5, 5.41) is 5.16. The molecule has 1 N–H and O–H groups in total. The monoisotopic (exact) mass is 483 g/mol. The summed E-state index contributed by atoms with van der Waals surface area (Å²) in [6.45, 7) is 0.441. The molecule has 0 fully saturated rings. The van der Waals surface area contributed by atoms with E-state index in [0.29, 0.717) is 35.0 Å². The second-order valence-electron chi connectivity index (χ2n) is 7.38. The number of halogens is 3. The fourth-order valence-electron chi connectivity index (χ4n) is 3.17. The highest BCUT2D eigenvalue weighted by Crippen LogP contribution is 2.30. The highest BCUT2D eigenvalue weighted by atomic mass is 32.1. The molecule has 4 aromatic rings. The van der Waals surface area contributed by atoms with Crippen molar-refractivity contribution in [2.75, 3.05) is 6.54 Å². The van der Waals surface area contributed by atoms with Gasteiger partial charge in [-0.15, -0.1) is 11.3 Å². The first-order chi connectivity index (χ1) is 16.4. The van der Waals surface area contributed by atoms with E-state index in [-0.39, 0.29) is 12.5 Å². The summed E-state index contributed by atoms with van der Waals surface area (Å²) in [6.07, 6.45) is -2.07. The largest absolute Gasteiger partial charge is 0.489 e. The van der Waals surface area contributed by atoms with E-state index >= 15 is 0 Å². The van der Waals surface area contributed by atoms with Crippen molar-refractivity contribution in [2.24, 2.45) is 0 Å². The summed E-state index contributed by atoms with van der Waals surface area (Å²) in [7, 11) is 0. The van der Waals surface area contributed by atoms with E-state index in [1.807, 2.05) is 24.3 Å². The van der Waals surface area contributed by atoms with Crippen LogP contribution < -0.4 is 10.1 Å². The number of nitrogens with one attached hydrogen (secondary N) is 1. The van der Waals surface area contributed by atoms with E-state index in [9.17, 15) is 18.0 Å². The molecule has 1 amide bonds. The van der Waals surface area contributed by atoms with Crippen molar-refractivity contribution in [1.29, 1.82) is 0 Å². The molecule has 4 rings (SSSR count). The molecule has 0 aliphatic heterocycles. The molecule has 34 heavy (non-hydrogen) atoms. The van der Waals surface area contributed by atoms with E-state index in [4.69, 9.17) is 4.74 Å². The number of aromatic nitrogens is 2. The van der Waals surface area contributed by atoms with Crippen LogP contribution in [0.25, 0.3) is 10.6 Å². The van der Waals surface area contributed by atoms with Crippen LogP contribution in [0.5, 0.6) is 5.75 Å². The second kappa shape index (κ2) is 10.5. The fourth-order valence-corrected chi connectivity index (χ4v) is 3.97. The van der Waals surface area contributed by atoms with Crippen molar-refractivity contribution in [3.63, 3.8) is 0 Å². The Bertz CT molecular complexity index is 1260. The van der Waals surface area contributed by atoms with Crippen molar-refractivity contribution in [3.05, 3.63) is 101 Å². The average Bonchev–Trinajstić information content (AvgIpc) is 3.34. The number of carbonyl (C=O) groups is 1. The van der Waals surface area contributed by atoms with Crippen molar-refractivity contribution in [3.8, 4) is 16.3 Å². The molecule has 0 saturated heterocycles. The van der Waals surface area contributed by atoms with E-state index < -0.39 is 11.7 Å². The molecule has 2 aromatic heterocycles. The normalized spacial score (nSPS) is 11.3. The lowest BCUT2D eigenvalue weighted by molar-refractivity contribution is -0.137. The smallest absolute Gasteiger partial charge is 0.416 e. The number of amides is 1. The molecule has 0 saturated carbocycles. The molecule has 0 radical (unpaired) electrons. The van der Waals surface area contributed by atoms with Gasteiger partial charge in [0.2, 0.25) is 0 Å². The molecule has 9 heteroatoms. The number of hydrogen-bond donors (Lipinski definition) is 1. The van der Waals surface area contributed by atoms with E-state index in [0.717, 1.165) is 23.4 Å². The zero-order valence-corrected chi connectivity index (χ0v) is 18.7. The molecule has 2 heterocycles. The van der Waals surface area contributed by atoms with Gasteiger partial charge in [-0.25, -0.2) is 4.98 Å². The maximum Gasteiger partial charge on any atom is 0.416 e. The Morgan fingerprint density at radius 2 is 1.88 bits per heavy atom. The molecule has 2 aromatic carbocycles. The van der Waals surface area contributed by atoms with Crippen LogP contribution in [0.2, 0.25) is 0 Å². The van der Waals surface area contributed by atoms with Gasteiger partial charge in [-0.05, 0) is 42.0 Å². The Morgan fingerprint density at radius 1 is 1.03 bits per heavy atom. The molecule has 174 valence electrons. The van der Waals surface area contributed by atoms with Gasteiger partial charge in [0, 0.05) is 35.8 Å². The van der Waals surface area contributed by atoms with Crippen LogP contribution in [0.3, 0.4) is 0 Å². The first-order valence-corrected chi connectivity index (χ1v) is 11.3. The minimum atomic E-state index is -4.40. The number of carbonyl (C=O) groups excluding carboxylic acids is 1. The Morgan fingerprint density at radius 3 is 2.68 bits per heavy atom. The second-order valence-corrected chi connectivity index (χ2v) is 8.24.